The maximum atomic E-state index is 14.5. The van der Waals surface area contributed by atoms with Crippen molar-refractivity contribution in [2.75, 3.05) is 26.3 Å². The normalized spacial score (nSPS) is 14.6. The lowest BCUT2D eigenvalue weighted by Crippen LogP contribution is -2.22. The van der Waals surface area contributed by atoms with Crippen LogP contribution in [0.5, 0.6) is 5.75 Å². The lowest BCUT2D eigenvalue weighted by atomic mass is 10.1. The maximum Gasteiger partial charge on any atom is 0.181 e. The molecule has 1 saturated carbocycles. The first-order valence-corrected chi connectivity index (χ1v) is 17.7. The lowest BCUT2D eigenvalue weighted by molar-refractivity contribution is 0.126. The average molecular weight is 626 g/mol. The largest absolute Gasteiger partial charge is 0.486 e. The molecule has 4 rings (SSSR count). The van der Waals surface area contributed by atoms with Crippen LogP contribution in [0.3, 0.4) is 0 Å². The number of hydrogen-bond donors (Lipinski definition) is 2. The summed E-state index contributed by atoms with van der Waals surface area (Å²) in [7, 11) is -3.20. The number of sulfone groups is 1. The van der Waals surface area contributed by atoms with Crippen LogP contribution in [0, 0.1) is 5.82 Å². The van der Waals surface area contributed by atoms with Gasteiger partial charge < -0.3 is 19.9 Å². The molecule has 44 heavy (non-hydrogen) atoms. The van der Waals surface area contributed by atoms with Crippen molar-refractivity contribution < 1.29 is 27.4 Å². The predicted octanol–water partition coefficient (Wildman–Crippen LogP) is 7.34. The Labute approximate surface area is 262 Å². The molecule has 1 atom stereocenters. The van der Waals surface area contributed by atoms with Gasteiger partial charge in [0.1, 0.15) is 6.61 Å². The highest BCUT2D eigenvalue weighted by atomic mass is 32.2. The van der Waals surface area contributed by atoms with E-state index < -0.39 is 21.8 Å². The van der Waals surface area contributed by atoms with Gasteiger partial charge in [-0.1, -0.05) is 74.2 Å². The fourth-order valence-electron chi connectivity index (χ4n) is 5.65. The summed E-state index contributed by atoms with van der Waals surface area (Å²) in [4.78, 5) is 0.482. The van der Waals surface area contributed by atoms with Gasteiger partial charge >= 0.3 is 0 Å². The molecular weight excluding hydrogens is 577 g/mol. The molecule has 0 radical (unpaired) electrons. The number of rotatable bonds is 20. The summed E-state index contributed by atoms with van der Waals surface area (Å²) in [5, 5.41) is 13.5. The van der Waals surface area contributed by atoms with E-state index in [0.29, 0.717) is 23.6 Å². The molecule has 0 aromatic heterocycles. The van der Waals surface area contributed by atoms with Crippen LogP contribution in [0.25, 0.3) is 0 Å². The van der Waals surface area contributed by atoms with Crippen molar-refractivity contribution in [1.29, 1.82) is 0 Å². The van der Waals surface area contributed by atoms with Crippen molar-refractivity contribution in [2.24, 2.45) is 0 Å². The summed E-state index contributed by atoms with van der Waals surface area (Å²) in [5.74, 6) is -0.298. The van der Waals surface area contributed by atoms with Gasteiger partial charge in [-0.15, -0.1) is 0 Å². The molecule has 240 valence electrons. The Morgan fingerprint density at radius 1 is 0.841 bits per heavy atom. The van der Waals surface area contributed by atoms with Gasteiger partial charge in [0.05, 0.1) is 16.2 Å². The van der Waals surface area contributed by atoms with Crippen molar-refractivity contribution in [3.8, 4) is 5.75 Å². The van der Waals surface area contributed by atoms with E-state index in [0.717, 1.165) is 102 Å². The minimum atomic E-state index is -3.20. The fraction of sp³-hybridized carbons (Fsp3) is 0.500. The number of unbranched alkanes of at least 4 members (excludes halogenated alkanes) is 4. The van der Waals surface area contributed by atoms with Gasteiger partial charge in [-0.05, 0) is 92.4 Å². The fourth-order valence-corrected chi connectivity index (χ4v) is 7.57. The molecule has 1 aliphatic rings. The number of ether oxygens (including phenoxy) is 2. The third-order valence-electron chi connectivity index (χ3n) is 8.28. The molecule has 6 nitrogen and oxygen atoms in total. The lowest BCUT2D eigenvalue weighted by Gasteiger charge is -2.14. The van der Waals surface area contributed by atoms with Crippen LogP contribution in [-0.4, -0.2) is 45.1 Å². The van der Waals surface area contributed by atoms with Gasteiger partial charge in [-0.25, -0.2) is 12.8 Å². The van der Waals surface area contributed by atoms with Gasteiger partial charge in [0.15, 0.2) is 21.4 Å². The average Bonchev–Trinajstić information content (AvgIpc) is 3.60. The zero-order chi connectivity index (χ0) is 31.0. The van der Waals surface area contributed by atoms with Crippen molar-refractivity contribution in [1.82, 2.24) is 5.32 Å². The highest BCUT2D eigenvalue weighted by Crippen LogP contribution is 2.30. The van der Waals surface area contributed by atoms with Gasteiger partial charge in [-0.3, -0.25) is 0 Å². The number of hydrogen-bond acceptors (Lipinski definition) is 6. The number of nitrogens with one attached hydrogen (secondary N) is 1. The van der Waals surface area contributed by atoms with E-state index in [9.17, 15) is 17.9 Å². The zero-order valence-electron chi connectivity index (χ0n) is 25.8. The molecular formula is C36H48FNO5S. The molecule has 8 heteroatoms. The Balaban J connectivity index is 0.985. The van der Waals surface area contributed by atoms with Gasteiger partial charge in [-0.2, -0.15) is 0 Å². The van der Waals surface area contributed by atoms with Crippen molar-refractivity contribution in [3.63, 3.8) is 0 Å². The summed E-state index contributed by atoms with van der Waals surface area (Å²) < 4.78 is 51.6. The summed E-state index contributed by atoms with van der Waals surface area (Å²) in [5.41, 5.74) is 2.58. The maximum absolute atomic E-state index is 14.5. The number of aliphatic hydroxyl groups is 1. The van der Waals surface area contributed by atoms with E-state index in [-0.39, 0.29) is 11.0 Å². The summed E-state index contributed by atoms with van der Waals surface area (Å²) in [6.45, 7) is 2.92. The molecule has 1 aliphatic carbocycles. The highest BCUT2D eigenvalue weighted by molar-refractivity contribution is 7.92. The zero-order valence-corrected chi connectivity index (χ0v) is 26.6. The van der Waals surface area contributed by atoms with Crippen LogP contribution >= 0.6 is 0 Å². The monoisotopic (exact) mass is 625 g/mol. The van der Waals surface area contributed by atoms with E-state index in [1.165, 1.54) is 6.07 Å². The molecule has 0 heterocycles. The third-order valence-corrected chi connectivity index (χ3v) is 10.5. The summed E-state index contributed by atoms with van der Waals surface area (Å²) in [6, 6.07) is 21.7. The molecule has 3 aromatic carbocycles. The third kappa shape index (κ3) is 11.0. The number of aliphatic hydroxyl groups excluding tert-OH is 1. The highest BCUT2D eigenvalue weighted by Gasteiger charge is 2.30. The van der Waals surface area contributed by atoms with Crippen LogP contribution in [0.15, 0.2) is 77.7 Å². The van der Waals surface area contributed by atoms with Crippen LogP contribution < -0.4 is 10.1 Å². The smallest absolute Gasteiger partial charge is 0.181 e. The van der Waals surface area contributed by atoms with Crippen molar-refractivity contribution in [3.05, 3.63) is 95.3 Å². The SMILES string of the molecule is O=S(=O)(c1cccc(CCCCOCCCCCCNC[C@H](O)c2ccc(OCc3ccccc3)c(F)c2)c1)C1CCCC1. The Kier molecular flexibility index (Phi) is 14.1. The second-order valence-corrected chi connectivity index (χ2v) is 14.0. The van der Waals surface area contributed by atoms with Crippen molar-refractivity contribution in [2.45, 2.75) is 93.5 Å². The Hall–Kier alpha value is -2.78. The standard InChI is InChI=1S/C36H48FNO5S/c37-34-26-31(20-21-36(34)43-28-30-14-4-3-5-15-30)35(39)27-38-22-9-1-2-10-23-42-24-11-8-13-29-16-12-19-33(25-29)44(40,41)32-17-6-7-18-32/h3-5,12,14-16,19-21,25-26,32,35,38-39H,1-2,6-11,13,17-18,22-24,27-28H2/t35-/m0/s1. The summed E-state index contributed by atoms with van der Waals surface area (Å²) >= 11 is 0. The van der Waals surface area contributed by atoms with Crippen LogP contribution in [0.4, 0.5) is 4.39 Å². The van der Waals surface area contributed by atoms with Gasteiger partial charge in [0, 0.05) is 19.8 Å². The molecule has 0 bridgehead atoms. The molecule has 3 aromatic rings. The number of aryl methyl sites for hydroxylation is 1. The van der Waals surface area contributed by atoms with Gasteiger partial charge in [0.2, 0.25) is 0 Å². The molecule has 0 unspecified atom stereocenters. The summed E-state index contributed by atoms with van der Waals surface area (Å²) in [6.07, 6.45) is 9.80. The minimum absolute atomic E-state index is 0.177. The minimum Gasteiger partial charge on any atom is -0.486 e. The molecule has 0 aliphatic heterocycles. The Morgan fingerprint density at radius 2 is 1.57 bits per heavy atom. The Morgan fingerprint density at radius 3 is 2.34 bits per heavy atom. The number of benzene rings is 3. The first-order valence-electron chi connectivity index (χ1n) is 16.2. The quantitative estimate of drug-likeness (QED) is 0.128. The van der Waals surface area contributed by atoms with Crippen molar-refractivity contribution >= 4 is 9.84 Å². The van der Waals surface area contributed by atoms with Crippen LogP contribution in [0.1, 0.15) is 87.0 Å². The topological polar surface area (TPSA) is 84.9 Å². The Bertz CT molecular complexity index is 1360. The van der Waals surface area contributed by atoms with E-state index in [2.05, 4.69) is 5.32 Å². The first-order chi connectivity index (χ1) is 21.4. The molecule has 0 spiro atoms. The first kappa shape index (κ1) is 34.1. The van der Waals surface area contributed by atoms with E-state index in [1.807, 2.05) is 48.5 Å². The molecule has 0 saturated heterocycles. The molecule has 0 amide bonds. The number of halogens is 1. The molecule has 2 N–H and O–H groups in total. The van der Waals surface area contributed by atoms with E-state index in [1.54, 1.807) is 18.2 Å². The van der Waals surface area contributed by atoms with Gasteiger partial charge in [0.25, 0.3) is 0 Å². The molecule has 1 fully saturated rings. The predicted molar refractivity (Wildman–Crippen MR) is 173 cm³/mol. The second kappa shape index (κ2) is 18.3. The second-order valence-electron chi connectivity index (χ2n) is 11.8. The van der Waals surface area contributed by atoms with Crippen LogP contribution in [0.2, 0.25) is 0 Å². The van der Waals surface area contributed by atoms with E-state index >= 15 is 0 Å². The van der Waals surface area contributed by atoms with E-state index in [4.69, 9.17) is 9.47 Å². The van der Waals surface area contributed by atoms with Crippen LogP contribution in [-0.2, 0) is 27.6 Å².